The predicted molar refractivity (Wildman–Crippen MR) is 66.6 cm³/mol. The van der Waals surface area contributed by atoms with Crippen molar-refractivity contribution in [3.63, 3.8) is 0 Å². The van der Waals surface area contributed by atoms with Gasteiger partial charge in [-0.05, 0) is 19.8 Å². The van der Waals surface area contributed by atoms with Crippen LogP contribution >= 0.6 is 0 Å². The van der Waals surface area contributed by atoms with E-state index in [2.05, 4.69) is 17.3 Å². The number of nitrogens with one attached hydrogen (secondary N) is 1. The van der Waals surface area contributed by atoms with Gasteiger partial charge >= 0.3 is 0 Å². The van der Waals surface area contributed by atoms with Crippen LogP contribution in [0, 0.1) is 0 Å². The van der Waals surface area contributed by atoms with Gasteiger partial charge in [0.15, 0.2) is 0 Å². The van der Waals surface area contributed by atoms with Gasteiger partial charge in [0.2, 0.25) is 0 Å². The average molecular weight is 238 g/mol. The molecule has 0 saturated carbocycles. The Kier molecular flexibility index (Phi) is 3.81. The highest BCUT2D eigenvalue weighted by atomic mass is 16.5. The van der Waals surface area contributed by atoms with Crippen LogP contribution in [0.2, 0.25) is 0 Å². The zero-order chi connectivity index (χ0) is 12.3. The minimum atomic E-state index is -0.0116. The van der Waals surface area contributed by atoms with E-state index in [1.165, 1.54) is 0 Å². The molecule has 0 radical (unpaired) electrons. The number of hydrogen-bond donors (Lipinski definition) is 2. The van der Waals surface area contributed by atoms with Crippen LogP contribution in [0.3, 0.4) is 0 Å². The van der Waals surface area contributed by atoms with Gasteiger partial charge in [-0.15, -0.1) is 0 Å². The third kappa shape index (κ3) is 3.28. The summed E-state index contributed by atoms with van der Waals surface area (Å²) in [5.74, 6) is 0. The van der Waals surface area contributed by atoms with Crippen LogP contribution in [0.4, 0.5) is 0 Å². The molecule has 2 heterocycles. The molecular formula is C12H22N4O. The SMILES string of the molecule is Cn1cc(C(N)CNC2(C)CCCOC2)cn1. The van der Waals surface area contributed by atoms with Gasteiger partial charge in [-0.3, -0.25) is 4.68 Å². The van der Waals surface area contributed by atoms with Gasteiger partial charge in [-0.1, -0.05) is 0 Å². The molecule has 0 amide bonds. The number of nitrogens with two attached hydrogens (primary N) is 1. The minimum absolute atomic E-state index is 0.0116. The molecule has 0 spiro atoms. The van der Waals surface area contributed by atoms with E-state index >= 15 is 0 Å². The molecule has 0 aliphatic carbocycles. The quantitative estimate of drug-likeness (QED) is 0.805. The molecule has 1 aliphatic heterocycles. The Morgan fingerprint density at radius 1 is 1.71 bits per heavy atom. The van der Waals surface area contributed by atoms with Gasteiger partial charge in [0.25, 0.3) is 0 Å². The van der Waals surface area contributed by atoms with Crippen molar-refractivity contribution >= 4 is 0 Å². The average Bonchev–Trinajstić information content (AvgIpc) is 2.74. The number of rotatable bonds is 4. The first-order valence-corrected chi connectivity index (χ1v) is 6.16. The number of aromatic nitrogens is 2. The van der Waals surface area contributed by atoms with E-state index in [4.69, 9.17) is 10.5 Å². The maximum atomic E-state index is 6.13. The Morgan fingerprint density at radius 3 is 3.12 bits per heavy atom. The largest absolute Gasteiger partial charge is 0.380 e. The summed E-state index contributed by atoms with van der Waals surface area (Å²) < 4.78 is 7.29. The molecule has 17 heavy (non-hydrogen) atoms. The zero-order valence-electron chi connectivity index (χ0n) is 10.6. The Morgan fingerprint density at radius 2 is 2.53 bits per heavy atom. The van der Waals surface area contributed by atoms with E-state index in [0.717, 1.165) is 38.2 Å². The summed E-state index contributed by atoms with van der Waals surface area (Å²) in [7, 11) is 1.90. The van der Waals surface area contributed by atoms with E-state index in [1.54, 1.807) is 4.68 Å². The van der Waals surface area contributed by atoms with Crippen molar-refractivity contribution < 1.29 is 4.74 Å². The molecule has 1 fully saturated rings. The summed E-state index contributed by atoms with van der Waals surface area (Å²) in [6.45, 7) is 4.60. The molecule has 5 nitrogen and oxygen atoms in total. The summed E-state index contributed by atoms with van der Waals surface area (Å²) in [6, 6.07) is -0.0116. The van der Waals surface area contributed by atoms with Crippen LogP contribution in [0.25, 0.3) is 0 Å². The minimum Gasteiger partial charge on any atom is -0.380 e. The number of aryl methyl sites for hydroxylation is 1. The first-order valence-electron chi connectivity index (χ1n) is 6.16. The van der Waals surface area contributed by atoms with Crippen LogP contribution in [0.15, 0.2) is 12.4 Å². The molecule has 0 aromatic carbocycles. The highest BCUT2D eigenvalue weighted by molar-refractivity contribution is 5.10. The van der Waals surface area contributed by atoms with Crippen molar-refractivity contribution in [1.82, 2.24) is 15.1 Å². The summed E-state index contributed by atoms with van der Waals surface area (Å²) >= 11 is 0. The molecule has 1 saturated heterocycles. The van der Waals surface area contributed by atoms with E-state index in [1.807, 2.05) is 19.4 Å². The van der Waals surface area contributed by atoms with Crippen LogP contribution in [0.5, 0.6) is 0 Å². The molecule has 1 aliphatic rings. The molecule has 96 valence electrons. The first-order chi connectivity index (χ1) is 8.09. The second-order valence-electron chi connectivity index (χ2n) is 5.15. The van der Waals surface area contributed by atoms with Gasteiger partial charge in [-0.2, -0.15) is 5.10 Å². The molecule has 3 N–H and O–H groups in total. The molecule has 2 atom stereocenters. The van der Waals surface area contributed by atoms with E-state index < -0.39 is 0 Å². The summed E-state index contributed by atoms with van der Waals surface area (Å²) in [4.78, 5) is 0. The fourth-order valence-corrected chi connectivity index (χ4v) is 2.18. The lowest BCUT2D eigenvalue weighted by Crippen LogP contribution is -2.50. The maximum Gasteiger partial charge on any atom is 0.0645 e. The summed E-state index contributed by atoms with van der Waals surface area (Å²) in [5.41, 5.74) is 7.27. The molecule has 2 unspecified atom stereocenters. The lowest BCUT2D eigenvalue weighted by Gasteiger charge is -2.35. The topological polar surface area (TPSA) is 65.1 Å². The van der Waals surface area contributed by atoms with Crippen molar-refractivity contribution in [3.05, 3.63) is 18.0 Å². The molecule has 1 aromatic rings. The van der Waals surface area contributed by atoms with E-state index in [0.29, 0.717) is 0 Å². The Bertz CT molecular complexity index is 357. The second-order valence-corrected chi connectivity index (χ2v) is 5.15. The standard InChI is InChI=1S/C12H22N4O/c1-12(4-3-5-17-9-12)14-7-11(13)10-6-15-16(2)8-10/h6,8,11,14H,3-5,7,9,13H2,1-2H3. The third-order valence-corrected chi connectivity index (χ3v) is 3.34. The number of nitrogens with zero attached hydrogens (tertiary/aromatic N) is 2. The van der Waals surface area contributed by atoms with Gasteiger partial charge in [0.1, 0.15) is 0 Å². The van der Waals surface area contributed by atoms with Crippen molar-refractivity contribution in [2.24, 2.45) is 12.8 Å². The molecule has 0 bridgehead atoms. The number of hydrogen-bond acceptors (Lipinski definition) is 4. The van der Waals surface area contributed by atoms with Crippen molar-refractivity contribution in [1.29, 1.82) is 0 Å². The van der Waals surface area contributed by atoms with Crippen molar-refractivity contribution in [2.75, 3.05) is 19.8 Å². The van der Waals surface area contributed by atoms with Crippen molar-refractivity contribution in [2.45, 2.75) is 31.3 Å². The Balaban J connectivity index is 1.85. The smallest absolute Gasteiger partial charge is 0.0645 e. The predicted octanol–water partition coefficient (Wildman–Crippen LogP) is 0.579. The van der Waals surface area contributed by atoms with Gasteiger partial charge in [-0.25, -0.2) is 0 Å². The monoisotopic (exact) mass is 238 g/mol. The molecule has 2 rings (SSSR count). The highest BCUT2D eigenvalue weighted by Gasteiger charge is 2.27. The van der Waals surface area contributed by atoms with Crippen LogP contribution in [-0.4, -0.2) is 35.1 Å². The Labute approximate surface area is 102 Å². The first kappa shape index (κ1) is 12.5. The molecule has 1 aromatic heterocycles. The van der Waals surface area contributed by atoms with Crippen LogP contribution in [-0.2, 0) is 11.8 Å². The lowest BCUT2D eigenvalue weighted by molar-refractivity contribution is 0.0281. The summed E-state index contributed by atoms with van der Waals surface area (Å²) in [5, 5.41) is 7.65. The fourth-order valence-electron chi connectivity index (χ4n) is 2.18. The molecule has 5 heteroatoms. The van der Waals surface area contributed by atoms with E-state index in [9.17, 15) is 0 Å². The number of ether oxygens (including phenoxy) is 1. The fraction of sp³-hybridized carbons (Fsp3) is 0.750. The van der Waals surface area contributed by atoms with Gasteiger partial charge < -0.3 is 15.8 Å². The zero-order valence-corrected chi connectivity index (χ0v) is 10.6. The Hall–Kier alpha value is -0.910. The van der Waals surface area contributed by atoms with Gasteiger partial charge in [0, 0.05) is 43.5 Å². The second kappa shape index (κ2) is 5.16. The maximum absolute atomic E-state index is 6.13. The van der Waals surface area contributed by atoms with E-state index in [-0.39, 0.29) is 11.6 Å². The highest BCUT2D eigenvalue weighted by Crippen LogP contribution is 2.19. The lowest BCUT2D eigenvalue weighted by atomic mass is 9.94. The normalized spacial score (nSPS) is 27.0. The summed E-state index contributed by atoms with van der Waals surface area (Å²) in [6.07, 6.45) is 6.05. The third-order valence-electron chi connectivity index (χ3n) is 3.34. The van der Waals surface area contributed by atoms with Crippen LogP contribution < -0.4 is 11.1 Å². The van der Waals surface area contributed by atoms with Crippen LogP contribution in [0.1, 0.15) is 31.4 Å². The molecular weight excluding hydrogens is 216 g/mol. The van der Waals surface area contributed by atoms with Gasteiger partial charge in [0.05, 0.1) is 12.8 Å². The van der Waals surface area contributed by atoms with Crippen molar-refractivity contribution in [3.8, 4) is 0 Å².